The molecule has 92 valence electrons. The number of hydrogen-bond acceptors (Lipinski definition) is 2. The molecule has 1 aromatic rings. The van der Waals surface area contributed by atoms with E-state index in [9.17, 15) is 9.18 Å². The molecular weight excluding hydrogens is 221 g/mol. The lowest BCUT2D eigenvalue weighted by molar-refractivity contribution is -0.121. The van der Waals surface area contributed by atoms with Gasteiger partial charge < -0.3 is 10.1 Å². The summed E-state index contributed by atoms with van der Waals surface area (Å²) in [7, 11) is 0. The van der Waals surface area contributed by atoms with E-state index in [4.69, 9.17) is 4.74 Å². The van der Waals surface area contributed by atoms with Gasteiger partial charge in [-0.2, -0.15) is 0 Å². The Bertz CT molecular complexity index is 387. The van der Waals surface area contributed by atoms with Gasteiger partial charge in [0.1, 0.15) is 11.6 Å². The van der Waals surface area contributed by atoms with Crippen LogP contribution in [-0.2, 0) is 4.79 Å². The average Bonchev–Trinajstić information content (AvgIpc) is 2.29. The van der Waals surface area contributed by atoms with Crippen molar-refractivity contribution < 1.29 is 13.9 Å². The van der Waals surface area contributed by atoms with Gasteiger partial charge in [0.05, 0.1) is 13.0 Å². The number of hydrogen-bond donors (Lipinski definition) is 1. The van der Waals surface area contributed by atoms with Gasteiger partial charge in [0, 0.05) is 6.54 Å². The Morgan fingerprint density at radius 2 is 2.06 bits per heavy atom. The molecule has 0 heterocycles. The van der Waals surface area contributed by atoms with Crippen LogP contribution in [0.4, 0.5) is 4.39 Å². The van der Waals surface area contributed by atoms with Crippen molar-refractivity contribution in [3.05, 3.63) is 42.2 Å². The minimum atomic E-state index is -0.309. The maximum Gasteiger partial charge on any atom is 0.223 e. The van der Waals surface area contributed by atoms with Gasteiger partial charge in [-0.3, -0.25) is 4.79 Å². The molecule has 0 radical (unpaired) electrons. The minimum Gasteiger partial charge on any atom is -0.493 e. The highest BCUT2D eigenvalue weighted by molar-refractivity contribution is 5.76. The molecule has 17 heavy (non-hydrogen) atoms. The fourth-order valence-corrected chi connectivity index (χ4v) is 1.13. The fraction of sp³-hybridized carbons (Fsp3) is 0.308. The highest BCUT2D eigenvalue weighted by Gasteiger charge is 2.01. The number of carbonyl (C=O) groups is 1. The van der Waals surface area contributed by atoms with Gasteiger partial charge in [0.25, 0.3) is 0 Å². The normalized spacial score (nSPS) is 9.76. The van der Waals surface area contributed by atoms with Crippen LogP contribution >= 0.6 is 0 Å². The maximum atomic E-state index is 12.6. The SMILES string of the molecule is C=C(C)CNC(=O)CCOc1ccc(F)cc1. The van der Waals surface area contributed by atoms with E-state index >= 15 is 0 Å². The first-order valence-corrected chi connectivity index (χ1v) is 5.37. The van der Waals surface area contributed by atoms with Crippen LogP contribution < -0.4 is 10.1 Å². The van der Waals surface area contributed by atoms with Gasteiger partial charge in [0.15, 0.2) is 0 Å². The Labute approximate surface area is 100 Å². The van der Waals surface area contributed by atoms with E-state index in [1.54, 1.807) is 0 Å². The molecule has 4 heteroatoms. The first kappa shape index (κ1) is 13.2. The molecule has 0 aliphatic heterocycles. The van der Waals surface area contributed by atoms with Crippen molar-refractivity contribution in [2.75, 3.05) is 13.2 Å². The number of carbonyl (C=O) groups excluding carboxylic acids is 1. The van der Waals surface area contributed by atoms with Crippen molar-refractivity contribution in [3.63, 3.8) is 0 Å². The van der Waals surface area contributed by atoms with Gasteiger partial charge in [0.2, 0.25) is 5.91 Å². The highest BCUT2D eigenvalue weighted by atomic mass is 19.1. The fourth-order valence-electron chi connectivity index (χ4n) is 1.13. The average molecular weight is 237 g/mol. The molecule has 0 saturated carbocycles. The lowest BCUT2D eigenvalue weighted by atomic mass is 10.3. The van der Waals surface area contributed by atoms with Crippen molar-refractivity contribution in [2.45, 2.75) is 13.3 Å². The number of ether oxygens (including phenoxy) is 1. The quantitative estimate of drug-likeness (QED) is 0.771. The van der Waals surface area contributed by atoms with Crippen LogP contribution in [0.2, 0.25) is 0 Å². The monoisotopic (exact) mass is 237 g/mol. The number of benzene rings is 1. The molecule has 0 fully saturated rings. The van der Waals surface area contributed by atoms with E-state index in [0.717, 1.165) is 5.57 Å². The molecule has 0 spiro atoms. The summed E-state index contributed by atoms with van der Waals surface area (Å²) in [6, 6.07) is 5.69. The molecule has 0 saturated heterocycles. The Morgan fingerprint density at radius 1 is 1.41 bits per heavy atom. The summed E-state index contributed by atoms with van der Waals surface area (Å²) < 4.78 is 17.9. The van der Waals surface area contributed by atoms with Crippen LogP contribution in [0.3, 0.4) is 0 Å². The predicted octanol–water partition coefficient (Wildman–Crippen LogP) is 2.29. The van der Waals surface area contributed by atoms with Crippen molar-refractivity contribution in [1.82, 2.24) is 5.32 Å². The van der Waals surface area contributed by atoms with Gasteiger partial charge >= 0.3 is 0 Å². The molecule has 0 unspecified atom stereocenters. The van der Waals surface area contributed by atoms with Gasteiger partial charge in [-0.1, -0.05) is 12.2 Å². The number of halogens is 1. The number of nitrogens with one attached hydrogen (secondary N) is 1. The zero-order valence-corrected chi connectivity index (χ0v) is 9.83. The Balaban J connectivity index is 2.21. The summed E-state index contributed by atoms with van der Waals surface area (Å²) in [4.78, 5) is 11.3. The summed E-state index contributed by atoms with van der Waals surface area (Å²) in [5, 5.41) is 2.70. The number of amides is 1. The van der Waals surface area contributed by atoms with E-state index in [-0.39, 0.29) is 24.8 Å². The van der Waals surface area contributed by atoms with E-state index in [0.29, 0.717) is 12.3 Å². The third-order valence-electron chi connectivity index (χ3n) is 2.00. The molecule has 1 rings (SSSR count). The smallest absolute Gasteiger partial charge is 0.223 e. The first-order chi connectivity index (χ1) is 8.08. The first-order valence-electron chi connectivity index (χ1n) is 5.37. The van der Waals surface area contributed by atoms with Crippen molar-refractivity contribution in [1.29, 1.82) is 0 Å². The molecule has 1 aromatic carbocycles. The summed E-state index contributed by atoms with van der Waals surface area (Å²) >= 11 is 0. The Kier molecular flexibility index (Phi) is 5.20. The van der Waals surface area contributed by atoms with Crippen LogP contribution in [0.25, 0.3) is 0 Å². The molecule has 1 amide bonds. The Hall–Kier alpha value is -1.84. The largest absolute Gasteiger partial charge is 0.493 e. The molecule has 0 aliphatic rings. The zero-order valence-electron chi connectivity index (χ0n) is 9.83. The van der Waals surface area contributed by atoms with Gasteiger partial charge in [-0.05, 0) is 31.2 Å². The second-order valence-corrected chi connectivity index (χ2v) is 3.79. The second kappa shape index (κ2) is 6.68. The standard InChI is InChI=1S/C13H16FNO2/c1-10(2)9-15-13(16)7-8-17-12-5-3-11(14)4-6-12/h3-6H,1,7-9H2,2H3,(H,15,16). The summed E-state index contributed by atoms with van der Waals surface area (Å²) in [5.74, 6) is 0.158. The predicted molar refractivity (Wildman–Crippen MR) is 64.3 cm³/mol. The summed E-state index contributed by atoms with van der Waals surface area (Å²) in [5.41, 5.74) is 0.901. The topological polar surface area (TPSA) is 38.3 Å². The van der Waals surface area contributed by atoms with E-state index < -0.39 is 0 Å². The molecule has 0 aromatic heterocycles. The van der Waals surface area contributed by atoms with Gasteiger partial charge in [-0.15, -0.1) is 0 Å². The van der Waals surface area contributed by atoms with Crippen molar-refractivity contribution in [3.8, 4) is 5.75 Å². The second-order valence-electron chi connectivity index (χ2n) is 3.79. The van der Waals surface area contributed by atoms with E-state index in [1.165, 1.54) is 24.3 Å². The van der Waals surface area contributed by atoms with Crippen LogP contribution in [0, 0.1) is 5.82 Å². The van der Waals surface area contributed by atoms with Gasteiger partial charge in [-0.25, -0.2) is 4.39 Å². The molecular formula is C13H16FNO2. The molecule has 1 N–H and O–H groups in total. The minimum absolute atomic E-state index is 0.0879. The highest BCUT2D eigenvalue weighted by Crippen LogP contribution is 2.10. The van der Waals surface area contributed by atoms with Crippen LogP contribution in [0.5, 0.6) is 5.75 Å². The van der Waals surface area contributed by atoms with Crippen LogP contribution in [-0.4, -0.2) is 19.1 Å². The molecule has 0 aliphatic carbocycles. The van der Waals surface area contributed by atoms with Crippen molar-refractivity contribution >= 4 is 5.91 Å². The zero-order chi connectivity index (χ0) is 12.7. The maximum absolute atomic E-state index is 12.6. The third-order valence-corrected chi connectivity index (χ3v) is 2.00. The van der Waals surface area contributed by atoms with Crippen LogP contribution in [0.15, 0.2) is 36.4 Å². The number of rotatable bonds is 6. The molecule has 3 nitrogen and oxygen atoms in total. The third kappa shape index (κ3) is 5.70. The lowest BCUT2D eigenvalue weighted by Crippen LogP contribution is -2.26. The van der Waals surface area contributed by atoms with Crippen LogP contribution in [0.1, 0.15) is 13.3 Å². The summed E-state index contributed by atoms with van der Waals surface area (Å²) in [6.07, 6.45) is 0.269. The summed E-state index contributed by atoms with van der Waals surface area (Å²) in [6.45, 7) is 6.28. The lowest BCUT2D eigenvalue weighted by Gasteiger charge is -2.07. The Morgan fingerprint density at radius 3 is 2.65 bits per heavy atom. The van der Waals surface area contributed by atoms with E-state index in [2.05, 4.69) is 11.9 Å². The van der Waals surface area contributed by atoms with Crippen molar-refractivity contribution in [2.24, 2.45) is 0 Å². The molecule has 0 atom stereocenters. The van der Waals surface area contributed by atoms with E-state index in [1.807, 2.05) is 6.92 Å². The molecule has 0 bridgehead atoms.